The Morgan fingerprint density at radius 1 is 1.33 bits per heavy atom. The Balaban J connectivity index is 2.64. The summed E-state index contributed by atoms with van der Waals surface area (Å²) in [6.07, 6.45) is 0.488. The second-order valence-electron chi connectivity index (χ2n) is 2.98. The van der Waals surface area contributed by atoms with Crippen molar-refractivity contribution < 1.29 is 24.2 Å². The molecule has 0 atom stereocenters. The molecule has 0 amide bonds. The molecule has 78 valence electrons. The number of benzene rings is 1. The Bertz CT molecular complexity index is 424. The Hall–Kier alpha value is -2.04. The maximum Gasteiger partial charge on any atom is 0.340 e. The van der Waals surface area contributed by atoms with Gasteiger partial charge in [0.1, 0.15) is 18.8 Å². The third kappa shape index (κ3) is 1.52. The normalized spacial score (nSPS) is 13.3. The summed E-state index contributed by atoms with van der Waals surface area (Å²) in [5.41, 5.74) is -0.0473. The fourth-order valence-corrected chi connectivity index (χ4v) is 1.45. The molecule has 5 heteroatoms. The van der Waals surface area contributed by atoms with Crippen LogP contribution in [0.1, 0.15) is 20.7 Å². The number of carbonyl (C=O) groups excluding carboxylic acids is 1. The molecule has 0 fully saturated rings. The minimum absolute atomic E-state index is 0.0896. The van der Waals surface area contributed by atoms with Gasteiger partial charge in [-0.1, -0.05) is 0 Å². The van der Waals surface area contributed by atoms with Crippen LogP contribution in [0.3, 0.4) is 0 Å². The fourth-order valence-electron chi connectivity index (χ4n) is 1.45. The molecule has 0 bridgehead atoms. The van der Waals surface area contributed by atoms with Crippen molar-refractivity contribution in [2.75, 3.05) is 13.2 Å². The largest absolute Gasteiger partial charge is 0.486 e. The van der Waals surface area contributed by atoms with Crippen molar-refractivity contribution >= 4 is 12.3 Å². The van der Waals surface area contributed by atoms with Gasteiger partial charge in [-0.3, -0.25) is 4.79 Å². The molecule has 2 rings (SSSR count). The van der Waals surface area contributed by atoms with Gasteiger partial charge in [0, 0.05) is 5.56 Å². The number of fused-ring (bicyclic) bond motifs is 1. The highest BCUT2D eigenvalue weighted by Gasteiger charge is 2.23. The lowest BCUT2D eigenvalue weighted by Crippen LogP contribution is -2.18. The summed E-state index contributed by atoms with van der Waals surface area (Å²) in [5, 5.41) is 8.96. The van der Waals surface area contributed by atoms with Crippen LogP contribution in [-0.2, 0) is 0 Å². The minimum atomic E-state index is -1.19. The van der Waals surface area contributed by atoms with Crippen molar-refractivity contribution in [2.45, 2.75) is 0 Å². The highest BCUT2D eigenvalue weighted by atomic mass is 16.6. The molecule has 0 aromatic heterocycles. The van der Waals surface area contributed by atoms with Gasteiger partial charge < -0.3 is 14.6 Å². The molecule has 15 heavy (non-hydrogen) atoms. The lowest BCUT2D eigenvalue weighted by Gasteiger charge is -2.20. The molecule has 1 aliphatic heterocycles. The fraction of sp³-hybridized carbons (Fsp3) is 0.200. The van der Waals surface area contributed by atoms with Gasteiger partial charge in [0.15, 0.2) is 17.8 Å². The van der Waals surface area contributed by atoms with E-state index >= 15 is 0 Å². The lowest BCUT2D eigenvalue weighted by molar-refractivity contribution is 0.0683. The summed E-state index contributed by atoms with van der Waals surface area (Å²) in [6, 6.07) is 2.94. The molecule has 1 aromatic rings. The van der Waals surface area contributed by atoms with Crippen LogP contribution in [0.5, 0.6) is 11.5 Å². The highest BCUT2D eigenvalue weighted by molar-refractivity contribution is 6.00. The number of hydrogen-bond donors (Lipinski definition) is 1. The number of carboxylic acid groups (broad SMARTS) is 1. The first kappa shape index (κ1) is 9.51. The molecule has 0 spiro atoms. The predicted octanol–water partition coefficient (Wildman–Crippen LogP) is 0.969. The minimum Gasteiger partial charge on any atom is -0.486 e. The highest BCUT2D eigenvalue weighted by Crippen LogP contribution is 2.35. The van der Waals surface area contributed by atoms with E-state index in [0.29, 0.717) is 18.6 Å². The lowest BCUT2D eigenvalue weighted by atomic mass is 10.1. The van der Waals surface area contributed by atoms with Crippen LogP contribution >= 0.6 is 0 Å². The van der Waals surface area contributed by atoms with Crippen LogP contribution in [0.4, 0.5) is 0 Å². The van der Waals surface area contributed by atoms with Gasteiger partial charge >= 0.3 is 5.97 Å². The van der Waals surface area contributed by atoms with Crippen LogP contribution < -0.4 is 9.47 Å². The van der Waals surface area contributed by atoms with Crippen LogP contribution in [0, 0.1) is 0 Å². The Morgan fingerprint density at radius 2 is 2.07 bits per heavy atom. The number of aromatic carboxylic acids is 1. The summed E-state index contributed by atoms with van der Waals surface area (Å²) in [5.74, 6) is -0.693. The molecule has 0 saturated carbocycles. The van der Waals surface area contributed by atoms with Gasteiger partial charge in [-0.25, -0.2) is 4.79 Å². The van der Waals surface area contributed by atoms with E-state index in [2.05, 4.69) is 0 Å². The van der Waals surface area contributed by atoms with E-state index in [1.54, 1.807) is 0 Å². The molecule has 0 unspecified atom stereocenters. The van der Waals surface area contributed by atoms with Gasteiger partial charge in [-0.2, -0.15) is 0 Å². The van der Waals surface area contributed by atoms with E-state index in [0.717, 1.165) is 0 Å². The number of carbonyl (C=O) groups is 2. The molecular weight excluding hydrogens is 200 g/mol. The molecule has 5 nitrogen and oxygen atoms in total. The molecule has 1 aromatic carbocycles. The molecule has 0 saturated heterocycles. The van der Waals surface area contributed by atoms with Crippen LogP contribution in [0.2, 0.25) is 0 Å². The molecule has 0 aliphatic carbocycles. The maximum atomic E-state index is 11.0. The number of carboxylic acids is 1. The Labute approximate surface area is 85.2 Å². The van der Waals surface area contributed by atoms with Crippen molar-refractivity contribution in [3.8, 4) is 11.5 Å². The van der Waals surface area contributed by atoms with Crippen LogP contribution in [0.25, 0.3) is 0 Å². The average Bonchev–Trinajstić information content (AvgIpc) is 2.27. The quantitative estimate of drug-likeness (QED) is 0.733. The number of rotatable bonds is 2. The number of hydrogen-bond acceptors (Lipinski definition) is 4. The van der Waals surface area contributed by atoms with Crippen molar-refractivity contribution in [1.29, 1.82) is 0 Å². The summed E-state index contributed by atoms with van der Waals surface area (Å²) in [4.78, 5) is 21.6. The molecule has 1 aliphatic rings. The predicted molar refractivity (Wildman–Crippen MR) is 49.8 cm³/mol. The van der Waals surface area contributed by atoms with Gasteiger partial charge in [-0.15, -0.1) is 0 Å². The average molecular weight is 208 g/mol. The van der Waals surface area contributed by atoms with Gasteiger partial charge in [0.25, 0.3) is 0 Å². The van der Waals surface area contributed by atoms with E-state index in [9.17, 15) is 9.59 Å². The Kier molecular flexibility index (Phi) is 2.29. The topological polar surface area (TPSA) is 72.8 Å². The van der Waals surface area contributed by atoms with E-state index in [1.165, 1.54) is 12.1 Å². The SMILES string of the molecule is O=Cc1ccc2c(c1C(=O)O)OCCO2. The summed E-state index contributed by atoms with van der Waals surface area (Å²) < 4.78 is 10.4. The van der Waals surface area contributed by atoms with Crippen LogP contribution in [-0.4, -0.2) is 30.6 Å². The van der Waals surface area contributed by atoms with Crippen molar-refractivity contribution in [1.82, 2.24) is 0 Å². The van der Waals surface area contributed by atoms with Gasteiger partial charge in [0.05, 0.1) is 0 Å². The first-order valence-electron chi connectivity index (χ1n) is 4.35. The second-order valence-corrected chi connectivity index (χ2v) is 2.98. The smallest absolute Gasteiger partial charge is 0.340 e. The van der Waals surface area contributed by atoms with Gasteiger partial charge in [0.2, 0.25) is 0 Å². The summed E-state index contributed by atoms with van der Waals surface area (Å²) in [7, 11) is 0. The van der Waals surface area contributed by atoms with Gasteiger partial charge in [-0.05, 0) is 12.1 Å². The summed E-state index contributed by atoms with van der Waals surface area (Å²) in [6.45, 7) is 0.669. The third-order valence-corrected chi connectivity index (χ3v) is 2.08. The van der Waals surface area contributed by atoms with E-state index in [1.807, 2.05) is 0 Å². The number of aldehydes is 1. The molecule has 1 N–H and O–H groups in total. The molecule has 0 radical (unpaired) electrons. The Morgan fingerprint density at radius 3 is 2.73 bits per heavy atom. The van der Waals surface area contributed by atoms with Crippen molar-refractivity contribution in [2.24, 2.45) is 0 Å². The number of ether oxygens (including phenoxy) is 2. The molecule has 1 heterocycles. The zero-order valence-electron chi connectivity index (χ0n) is 7.73. The van der Waals surface area contributed by atoms with Crippen molar-refractivity contribution in [3.63, 3.8) is 0 Å². The third-order valence-electron chi connectivity index (χ3n) is 2.08. The summed E-state index contributed by atoms with van der Waals surface area (Å²) >= 11 is 0. The van der Waals surface area contributed by atoms with E-state index < -0.39 is 5.97 Å². The first-order valence-corrected chi connectivity index (χ1v) is 4.35. The van der Waals surface area contributed by atoms with E-state index in [4.69, 9.17) is 14.6 Å². The van der Waals surface area contributed by atoms with Crippen molar-refractivity contribution in [3.05, 3.63) is 23.3 Å². The second kappa shape index (κ2) is 3.61. The zero-order valence-corrected chi connectivity index (χ0v) is 7.73. The zero-order chi connectivity index (χ0) is 10.8. The first-order chi connectivity index (χ1) is 7.24. The monoisotopic (exact) mass is 208 g/mol. The maximum absolute atomic E-state index is 11.0. The standard InChI is InChI=1S/C10H8O5/c11-5-6-1-2-7-9(8(6)10(12)13)15-4-3-14-7/h1-2,5H,3-4H2,(H,12,13). The van der Waals surface area contributed by atoms with E-state index in [-0.39, 0.29) is 23.5 Å². The van der Waals surface area contributed by atoms with Crippen LogP contribution in [0.15, 0.2) is 12.1 Å². The molecular formula is C10H8O5.